The van der Waals surface area contributed by atoms with Crippen LogP contribution in [0.15, 0.2) is 36.1 Å². The summed E-state index contributed by atoms with van der Waals surface area (Å²) in [5.41, 5.74) is -0.159. The van der Waals surface area contributed by atoms with Crippen LogP contribution in [0.2, 0.25) is 0 Å². The van der Waals surface area contributed by atoms with Crippen LogP contribution in [-0.4, -0.2) is 93.2 Å². The number of aliphatic carboxylic acids is 2. The fourth-order valence-corrected chi connectivity index (χ4v) is 6.11. The zero-order chi connectivity index (χ0) is 30.3. The summed E-state index contributed by atoms with van der Waals surface area (Å²) in [4.78, 5) is 45.7. The number of hydrogen-bond acceptors (Lipinski definition) is 9. The van der Waals surface area contributed by atoms with Gasteiger partial charge in [-0.15, -0.1) is 0 Å². The smallest absolute Gasteiger partial charge is 0.490 e. The molecule has 0 radical (unpaired) electrons. The van der Waals surface area contributed by atoms with Crippen molar-refractivity contribution in [3.63, 3.8) is 0 Å². The van der Waals surface area contributed by atoms with E-state index in [9.17, 15) is 37.8 Å². The van der Waals surface area contributed by atoms with Crippen molar-refractivity contribution < 1.29 is 62.2 Å². The van der Waals surface area contributed by atoms with Crippen molar-refractivity contribution in [2.24, 2.45) is 0 Å². The molecule has 1 fully saturated rings. The number of aliphatic hydroxyl groups is 1. The Morgan fingerprint density at radius 2 is 1.90 bits per heavy atom. The molecule has 2 aliphatic carbocycles. The number of esters is 1. The number of aromatic hydroxyl groups is 1. The lowest BCUT2D eigenvalue weighted by atomic mass is 9.50. The topological polar surface area (TPSA) is 183 Å². The summed E-state index contributed by atoms with van der Waals surface area (Å²) in [5, 5.41) is 40.7. The van der Waals surface area contributed by atoms with Gasteiger partial charge in [-0.05, 0) is 44.1 Å². The Balaban J connectivity index is 0.000000493. The van der Waals surface area contributed by atoms with Gasteiger partial charge in [0.1, 0.15) is 5.76 Å². The Labute approximate surface area is 230 Å². The molecule has 2 heterocycles. The zero-order valence-corrected chi connectivity index (χ0v) is 21.6. The highest BCUT2D eigenvalue weighted by Gasteiger charge is 2.72. The number of carbonyl (C=O) groups excluding carboxylic acids is 2. The second-order valence-electron chi connectivity index (χ2n) is 10.1. The van der Waals surface area contributed by atoms with Gasteiger partial charge < -0.3 is 40.1 Å². The van der Waals surface area contributed by atoms with E-state index in [2.05, 4.69) is 10.2 Å². The Hall–Kier alpha value is -4.11. The Bertz CT molecular complexity index is 1340. The first-order valence-electron chi connectivity index (χ1n) is 12.5. The summed E-state index contributed by atoms with van der Waals surface area (Å²) >= 11 is 0. The van der Waals surface area contributed by atoms with Gasteiger partial charge in [0.05, 0.1) is 17.4 Å². The Kier molecular flexibility index (Phi) is 7.80. The number of ether oxygens (including phenoxy) is 2. The SMILES string of the molecule is CN1CC[C@]23c4c5ccc(O)c4O[C@H]2C(OC(=O)CCNC(=O)/C=C/C(=O)O)=CC[C@@]3(O)[C@H]1C5.O=C(O)C(F)(F)F. The lowest BCUT2D eigenvalue weighted by molar-refractivity contribution is -0.192. The number of carboxylic acid groups (broad SMARTS) is 2. The first kappa shape index (κ1) is 29.9. The highest BCUT2D eigenvalue weighted by Crippen LogP contribution is 2.65. The van der Waals surface area contributed by atoms with Crippen molar-refractivity contribution in [3.8, 4) is 11.5 Å². The lowest BCUT2D eigenvalue weighted by Crippen LogP contribution is -2.74. The van der Waals surface area contributed by atoms with Crippen molar-refractivity contribution in [3.05, 3.63) is 47.2 Å². The number of carboxylic acids is 2. The number of hydrogen-bond donors (Lipinski definition) is 5. The maximum atomic E-state index is 12.6. The van der Waals surface area contributed by atoms with Crippen molar-refractivity contribution in [1.82, 2.24) is 10.2 Å². The molecule has 2 aliphatic heterocycles. The predicted octanol–water partition coefficient (Wildman–Crippen LogP) is 0.993. The first-order chi connectivity index (χ1) is 19.1. The number of likely N-dealkylation sites (tertiary alicyclic amines) is 1. The minimum atomic E-state index is -5.08. The van der Waals surface area contributed by atoms with Crippen molar-refractivity contribution in [2.45, 2.75) is 55.0 Å². The van der Waals surface area contributed by atoms with Crippen molar-refractivity contribution >= 4 is 23.8 Å². The van der Waals surface area contributed by atoms with Gasteiger partial charge in [-0.25, -0.2) is 9.59 Å². The highest BCUT2D eigenvalue weighted by atomic mass is 19.4. The molecule has 0 aromatic heterocycles. The van der Waals surface area contributed by atoms with E-state index in [1.807, 2.05) is 13.1 Å². The average molecular weight is 585 g/mol. The predicted molar refractivity (Wildman–Crippen MR) is 131 cm³/mol. The van der Waals surface area contributed by atoms with Crippen molar-refractivity contribution in [2.75, 3.05) is 20.1 Å². The third-order valence-electron chi connectivity index (χ3n) is 7.83. The number of piperidine rings is 1. The number of likely N-dealkylation sites (N-methyl/N-ethyl adjacent to an activating group) is 1. The molecule has 1 spiro atoms. The van der Waals surface area contributed by atoms with Gasteiger partial charge in [0.15, 0.2) is 17.6 Å². The van der Waals surface area contributed by atoms with E-state index < -0.39 is 47.1 Å². The average Bonchev–Trinajstić information content (AvgIpc) is 3.24. The first-order valence-corrected chi connectivity index (χ1v) is 12.5. The Morgan fingerprint density at radius 1 is 1.22 bits per heavy atom. The van der Waals surface area contributed by atoms with Gasteiger partial charge in [0.25, 0.3) is 0 Å². The zero-order valence-electron chi connectivity index (χ0n) is 21.6. The van der Waals surface area contributed by atoms with E-state index in [4.69, 9.17) is 24.5 Å². The molecule has 41 heavy (non-hydrogen) atoms. The fourth-order valence-electron chi connectivity index (χ4n) is 6.11. The molecule has 1 aromatic rings. The maximum Gasteiger partial charge on any atom is 0.490 e. The fraction of sp³-hybridized carbons (Fsp3) is 0.462. The number of nitrogens with one attached hydrogen (secondary N) is 1. The number of rotatable bonds is 6. The third kappa shape index (κ3) is 5.22. The lowest BCUT2D eigenvalue weighted by Gasteiger charge is -2.61. The summed E-state index contributed by atoms with van der Waals surface area (Å²) < 4.78 is 43.6. The molecule has 2 bridgehead atoms. The van der Waals surface area contributed by atoms with Crippen LogP contribution in [0.3, 0.4) is 0 Å². The van der Waals surface area contributed by atoms with Crippen LogP contribution in [0, 0.1) is 0 Å². The number of halogens is 3. The van der Waals surface area contributed by atoms with Gasteiger partial charge in [0, 0.05) is 36.7 Å². The molecular formula is C26H27F3N2O10. The van der Waals surface area contributed by atoms with E-state index in [1.165, 1.54) is 0 Å². The summed E-state index contributed by atoms with van der Waals surface area (Å²) in [5.74, 6) is -4.61. The summed E-state index contributed by atoms with van der Waals surface area (Å²) in [7, 11) is 1.99. The molecular weight excluding hydrogens is 557 g/mol. The van der Waals surface area contributed by atoms with Gasteiger partial charge in [-0.2, -0.15) is 13.2 Å². The number of alkyl halides is 3. The molecule has 15 heteroatoms. The number of phenols is 1. The summed E-state index contributed by atoms with van der Waals surface area (Å²) in [6.07, 6.45) is -1.24. The standard InChI is InChI=1S/C24H26N2O8.C2HF3O2/c1-26-11-9-23-20-13-2-3-14(27)21(20)34-22(23)15(6-8-24(23,32)16(26)12-13)33-19(31)7-10-25-17(28)4-5-18(29)30;3-2(4,5)1(6)7/h2-6,16,22,27,32H,7-12H2,1H3,(H,25,28)(H,29,30);(H,6,7)/b5-4+;/t16-,22+,23+,24-;/m1./s1. The molecule has 222 valence electrons. The van der Waals surface area contributed by atoms with E-state index in [-0.39, 0.29) is 31.2 Å². The summed E-state index contributed by atoms with van der Waals surface area (Å²) in [6, 6.07) is 3.33. The molecule has 5 rings (SSSR count). The van der Waals surface area contributed by atoms with E-state index in [1.54, 1.807) is 12.1 Å². The molecule has 4 aliphatic rings. The van der Waals surface area contributed by atoms with Gasteiger partial charge >= 0.3 is 24.1 Å². The molecule has 4 atom stereocenters. The van der Waals surface area contributed by atoms with Crippen LogP contribution < -0.4 is 10.1 Å². The van der Waals surface area contributed by atoms with Crippen LogP contribution in [0.4, 0.5) is 13.2 Å². The van der Waals surface area contributed by atoms with Gasteiger partial charge in [0.2, 0.25) is 5.91 Å². The highest BCUT2D eigenvalue weighted by molar-refractivity contribution is 5.94. The second kappa shape index (κ2) is 10.7. The molecule has 1 aromatic carbocycles. The number of phenolic OH excluding ortho intramolecular Hbond substituents is 1. The number of carbonyl (C=O) groups is 4. The second-order valence-corrected chi connectivity index (χ2v) is 10.1. The number of nitrogens with zero attached hydrogens (tertiary/aromatic N) is 1. The normalized spacial score (nSPS) is 27.5. The van der Waals surface area contributed by atoms with Crippen LogP contribution in [0.25, 0.3) is 0 Å². The minimum Gasteiger partial charge on any atom is -0.504 e. The third-order valence-corrected chi connectivity index (χ3v) is 7.83. The van der Waals surface area contributed by atoms with Crippen molar-refractivity contribution in [1.29, 1.82) is 0 Å². The quantitative estimate of drug-likeness (QED) is 0.238. The monoisotopic (exact) mass is 584 g/mol. The van der Waals surface area contributed by atoms with Crippen LogP contribution in [-0.2, 0) is 35.8 Å². The van der Waals surface area contributed by atoms with Crippen LogP contribution >= 0.6 is 0 Å². The molecule has 0 saturated carbocycles. The van der Waals surface area contributed by atoms with E-state index in [0.717, 1.165) is 23.7 Å². The van der Waals surface area contributed by atoms with Gasteiger partial charge in [-0.3, -0.25) is 9.59 Å². The molecule has 1 saturated heterocycles. The maximum absolute atomic E-state index is 12.6. The van der Waals surface area contributed by atoms with Crippen LogP contribution in [0.1, 0.15) is 30.4 Å². The summed E-state index contributed by atoms with van der Waals surface area (Å²) in [6.45, 7) is 0.687. The molecule has 12 nitrogen and oxygen atoms in total. The largest absolute Gasteiger partial charge is 0.504 e. The van der Waals surface area contributed by atoms with E-state index in [0.29, 0.717) is 30.4 Å². The Morgan fingerprint density at radius 3 is 2.54 bits per heavy atom. The minimum absolute atomic E-state index is 0.00921. The molecule has 5 N–H and O–H groups in total. The number of amides is 1. The van der Waals surface area contributed by atoms with E-state index >= 15 is 0 Å². The van der Waals surface area contributed by atoms with Crippen LogP contribution in [0.5, 0.6) is 11.5 Å². The van der Waals surface area contributed by atoms with Gasteiger partial charge in [-0.1, -0.05) is 6.07 Å². The molecule has 0 unspecified atom stereocenters. The molecule has 1 amide bonds. The number of benzene rings is 1.